The molecule has 15 heavy (non-hydrogen) atoms. The lowest BCUT2D eigenvalue weighted by Crippen LogP contribution is -2.48. The lowest BCUT2D eigenvalue weighted by atomic mass is 10.2. The summed E-state index contributed by atoms with van der Waals surface area (Å²) in [6.45, 7) is 5.00. The van der Waals surface area contributed by atoms with Crippen LogP contribution in [-0.4, -0.2) is 56.2 Å². The molecule has 0 aromatic rings. The molecule has 1 heterocycles. The molecule has 1 amide bonds. The fourth-order valence-corrected chi connectivity index (χ4v) is 1.52. The van der Waals surface area contributed by atoms with Gasteiger partial charge in [-0.1, -0.05) is 6.92 Å². The standard InChI is InChI=1S/C10H21N3O2/c1-3-9(11)10(14)12-6-8-7-13(2)4-5-15-8/h8-9H,3-7,11H2,1-2H3,(H,12,14)/t8?,9-/m1/s1. The molecule has 5 nitrogen and oxygen atoms in total. The third kappa shape index (κ3) is 4.15. The number of carbonyl (C=O) groups is 1. The van der Waals surface area contributed by atoms with Gasteiger partial charge < -0.3 is 20.7 Å². The van der Waals surface area contributed by atoms with Gasteiger partial charge in [0.15, 0.2) is 0 Å². The van der Waals surface area contributed by atoms with Gasteiger partial charge in [-0.25, -0.2) is 0 Å². The smallest absolute Gasteiger partial charge is 0.236 e. The number of nitrogens with zero attached hydrogens (tertiary/aromatic N) is 1. The summed E-state index contributed by atoms with van der Waals surface area (Å²) < 4.78 is 5.51. The summed E-state index contributed by atoms with van der Waals surface area (Å²) in [5.74, 6) is -0.0886. The predicted octanol–water partition coefficient (Wildman–Crippen LogP) is -0.829. The van der Waals surface area contributed by atoms with Gasteiger partial charge in [-0.2, -0.15) is 0 Å². The molecule has 88 valence electrons. The lowest BCUT2D eigenvalue weighted by molar-refractivity contribution is -0.123. The Bertz CT molecular complexity index is 211. The van der Waals surface area contributed by atoms with Gasteiger partial charge in [-0.3, -0.25) is 4.79 Å². The van der Waals surface area contributed by atoms with Crippen LogP contribution in [0.15, 0.2) is 0 Å². The summed E-state index contributed by atoms with van der Waals surface area (Å²) in [5.41, 5.74) is 5.60. The van der Waals surface area contributed by atoms with Crippen LogP contribution in [0, 0.1) is 0 Å². The van der Waals surface area contributed by atoms with Crippen molar-refractivity contribution in [2.45, 2.75) is 25.5 Å². The van der Waals surface area contributed by atoms with E-state index in [1.54, 1.807) is 0 Å². The molecule has 2 atom stereocenters. The van der Waals surface area contributed by atoms with Crippen molar-refractivity contribution in [2.75, 3.05) is 33.3 Å². The van der Waals surface area contributed by atoms with E-state index in [-0.39, 0.29) is 12.0 Å². The molecule has 1 rings (SSSR count). The summed E-state index contributed by atoms with van der Waals surface area (Å²) >= 11 is 0. The third-order valence-electron chi connectivity index (χ3n) is 2.62. The molecule has 1 unspecified atom stereocenters. The second kappa shape index (κ2) is 6.05. The molecule has 1 saturated heterocycles. The van der Waals surface area contributed by atoms with E-state index in [2.05, 4.69) is 17.3 Å². The number of morpholine rings is 1. The van der Waals surface area contributed by atoms with Crippen LogP contribution in [0.25, 0.3) is 0 Å². The maximum Gasteiger partial charge on any atom is 0.236 e. The van der Waals surface area contributed by atoms with Crippen molar-refractivity contribution in [1.82, 2.24) is 10.2 Å². The Labute approximate surface area is 90.9 Å². The molecule has 0 aromatic carbocycles. The van der Waals surface area contributed by atoms with Gasteiger partial charge >= 0.3 is 0 Å². The van der Waals surface area contributed by atoms with Crippen LogP contribution >= 0.6 is 0 Å². The number of hydrogen-bond acceptors (Lipinski definition) is 4. The third-order valence-corrected chi connectivity index (χ3v) is 2.62. The zero-order chi connectivity index (χ0) is 11.3. The highest BCUT2D eigenvalue weighted by molar-refractivity contribution is 5.81. The van der Waals surface area contributed by atoms with Crippen LogP contribution in [0.3, 0.4) is 0 Å². The Hall–Kier alpha value is -0.650. The SMILES string of the molecule is CC[C@@H](N)C(=O)NCC1CN(C)CCO1. The summed E-state index contributed by atoms with van der Waals surface area (Å²) in [4.78, 5) is 13.6. The number of nitrogens with two attached hydrogens (primary N) is 1. The Kier molecular flexibility index (Phi) is 5.01. The first-order valence-electron chi connectivity index (χ1n) is 5.47. The first-order valence-corrected chi connectivity index (χ1v) is 5.47. The van der Waals surface area contributed by atoms with Gasteiger partial charge in [0, 0.05) is 19.6 Å². The largest absolute Gasteiger partial charge is 0.374 e. The van der Waals surface area contributed by atoms with E-state index in [1.165, 1.54) is 0 Å². The molecule has 0 spiro atoms. The van der Waals surface area contributed by atoms with Crippen LogP contribution in [0.2, 0.25) is 0 Å². The highest BCUT2D eigenvalue weighted by Crippen LogP contribution is 2.01. The molecular weight excluding hydrogens is 194 g/mol. The zero-order valence-corrected chi connectivity index (χ0v) is 9.53. The molecular formula is C10H21N3O2. The fourth-order valence-electron chi connectivity index (χ4n) is 1.52. The fraction of sp³-hybridized carbons (Fsp3) is 0.900. The molecule has 0 radical (unpaired) electrons. The van der Waals surface area contributed by atoms with Crippen molar-refractivity contribution >= 4 is 5.91 Å². The number of rotatable bonds is 4. The van der Waals surface area contributed by atoms with E-state index >= 15 is 0 Å². The Balaban J connectivity index is 2.21. The van der Waals surface area contributed by atoms with Gasteiger partial charge in [0.1, 0.15) is 0 Å². The molecule has 0 saturated carbocycles. The summed E-state index contributed by atoms with van der Waals surface area (Å²) in [5, 5.41) is 2.81. The minimum absolute atomic E-state index is 0.0886. The van der Waals surface area contributed by atoms with Crippen LogP contribution < -0.4 is 11.1 Å². The minimum atomic E-state index is -0.397. The van der Waals surface area contributed by atoms with Crippen LogP contribution in [-0.2, 0) is 9.53 Å². The van der Waals surface area contributed by atoms with E-state index in [1.807, 2.05) is 6.92 Å². The van der Waals surface area contributed by atoms with Crippen molar-refractivity contribution in [3.8, 4) is 0 Å². The first kappa shape index (κ1) is 12.4. The topological polar surface area (TPSA) is 67.6 Å². The molecule has 3 N–H and O–H groups in total. The van der Waals surface area contributed by atoms with Gasteiger partial charge in [-0.05, 0) is 13.5 Å². The van der Waals surface area contributed by atoms with Crippen molar-refractivity contribution in [1.29, 1.82) is 0 Å². The molecule has 1 aliphatic rings. The second-order valence-corrected chi connectivity index (χ2v) is 4.01. The van der Waals surface area contributed by atoms with E-state index in [0.717, 1.165) is 19.7 Å². The summed E-state index contributed by atoms with van der Waals surface area (Å²) in [6, 6.07) is -0.397. The second-order valence-electron chi connectivity index (χ2n) is 4.01. The number of ether oxygens (including phenoxy) is 1. The van der Waals surface area contributed by atoms with Gasteiger partial charge in [0.25, 0.3) is 0 Å². The Morgan fingerprint density at radius 2 is 2.47 bits per heavy atom. The molecule has 0 aromatic heterocycles. The number of nitrogens with one attached hydrogen (secondary N) is 1. The Morgan fingerprint density at radius 1 is 1.73 bits per heavy atom. The van der Waals surface area contributed by atoms with Crippen LogP contribution in [0.1, 0.15) is 13.3 Å². The quantitative estimate of drug-likeness (QED) is 0.642. The lowest BCUT2D eigenvalue weighted by Gasteiger charge is -2.30. The summed E-state index contributed by atoms with van der Waals surface area (Å²) in [6.07, 6.45) is 0.758. The summed E-state index contributed by atoms with van der Waals surface area (Å²) in [7, 11) is 2.05. The highest BCUT2D eigenvalue weighted by Gasteiger charge is 2.19. The number of hydrogen-bond donors (Lipinski definition) is 2. The maximum absolute atomic E-state index is 11.4. The molecule has 0 aliphatic carbocycles. The number of carbonyl (C=O) groups excluding carboxylic acids is 1. The molecule has 1 aliphatic heterocycles. The van der Waals surface area contributed by atoms with Crippen LogP contribution in [0.4, 0.5) is 0 Å². The van der Waals surface area contributed by atoms with Gasteiger partial charge in [0.2, 0.25) is 5.91 Å². The van der Waals surface area contributed by atoms with E-state index in [4.69, 9.17) is 10.5 Å². The van der Waals surface area contributed by atoms with Crippen molar-refractivity contribution in [3.63, 3.8) is 0 Å². The van der Waals surface area contributed by atoms with E-state index < -0.39 is 6.04 Å². The minimum Gasteiger partial charge on any atom is -0.374 e. The molecule has 5 heteroatoms. The van der Waals surface area contributed by atoms with Crippen molar-refractivity contribution in [2.24, 2.45) is 5.73 Å². The highest BCUT2D eigenvalue weighted by atomic mass is 16.5. The normalized spacial score (nSPS) is 24.9. The zero-order valence-electron chi connectivity index (χ0n) is 9.53. The molecule has 1 fully saturated rings. The molecule has 0 bridgehead atoms. The average Bonchev–Trinajstić information content (AvgIpc) is 2.25. The van der Waals surface area contributed by atoms with Crippen LogP contribution in [0.5, 0.6) is 0 Å². The number of likely N-dealkylation sites (N-methyl/N-ethyl adjacent to an activating group) is 1. The van der Waals surface area contributed by atoms with Crippen molar-refractivity contribution in [3.05, 3.63) is 0 Å². The van der Waals surface area contributed by atoms with E-state index in [9.17, 15) is 4.79 Å². The maximum atomic E-state index is 11.4. The first-order chi connectivity index (χ1) is 7.13. The number of amides is 1. The van der Waals surface area contributed by atoms with Crippen molar-refractivity contribution < 1.29 is 9.53 Å². The Morgan fingerprint density at radius 3 is 3.07 bits per heavy atom. The average molecular weight is 215 g/mol. The predicted molar refractivity (Wildman–Crippen MR) is 58.5 cm³/mol. The van der Waals surface area contributed by atoms with Gasteiger partial charge in [0.05, 0.1) is 18.8 Å². The van der Waals surface area contributed by atoms with Gasteiger partial charge in [-0.15, -0.1) is 0 Å². The van der Waals surface area contributed by atoms with E-state index in [0.29, 0.717) is 13.0 Å². The monoisotopic (exact) mass is 215 g/mol.